The monoisotopic (exact) mass is 436 g/mol. The van der Waals surface area contributed by atoms with Crippen molar-refractivity contribution in [2.45, 2.75) is 52.3 Å². The quantitative estimate of drug-likeness (QED) is 0.347. The van der Waals surface area contributed by atoms with Gasteiger partial charge >= 0.3 is 5.69 Å². The molecule has 0 saturated carbocycles. The van der Waals surface area contributed by atoms with E-state index in [1.54, 1.807) is 24.4 Å². The van der Waals surface area contributed by atoms with Gasteiger partial charge in [-0.1, -0.05) is 57.2 Å². The summed E-state index contributed by atoms with van der Waals surface area (Å²) in [5.74, 6) is 0.361. The lowest BCUT2D eigenvalue weighted by molar-refractivity contribution is -0.386. The number of hydrogen-bond donors (Lipinski definition) is 1. The summed E-state index contributed by atoms with van der Waals surface area (Å²) >= 11 is 0. The Labute approximate surface area is 187 Å². The van der Waals surface area contributed by atoms with Gasteiger partial charge in [0, 0.05) is 12.3 Å². The molecule has 1 aromatic heterocycles. The minimum absolute atomic E-state index is 0.0492. The number of nitro groups is 1. The molecule has 0 spiro atoms. The molecule has 0 aliphatic carbocycles. The molecule has 0 bridgehead atoms. The number of carbonyl (C=O) groups excluding carboxylic acids is 1. The standard InChI is InChI=1S/C24H28N4O4/c1-4-17(3)18-10-12-19(13-11-18)20(5-2)25-24(29)21-14-15-27(26-21)16-32-23-9-7-6-8-22(23)28(30)31/h6-15,17,20H,4-5,16H2,1-3H3,(H,25,29). The van der Waals surface area contributed by atoms with Gasteiger partial charge < -0.3 is 10.1 Å². The molecule has 8 heteroatoms. The number of nitro benzene ring substituents is 1. The van der Waals surface area contributed by atoms with E-state index < -0.39 is 4.92 Å². The van der Waals surface area contributed by atoms with Crippen LogP contribution in [-0.2, 0) is 6.73 Å². The molecule has 32 heavy (non-hydrogen) atoms. The van der Waals surface area contributed by atoms with Crippen LogP contribution in [0.4, 0.5) is 5.69 Å². The first kappa shape index (κ1) is 23.0. The topological polar surface area (TPSA) is 99.3 Å². The molecule has 0 fully saturated rings. The minimum atomic E-state index is -0.502. The maximum atomic E-state index is 12.7. The van der Waals surface area contributed by atoms with Crippen molar-refractivity contribution in [3.8, 4) is 5.75 Å². The van der Waals surface area contributed by atoms with Crippen molar-refractivity contribution in [2.75, 3.05) is 0 Å². The summed E-state index contributed by atoms with van der Waals surface area (Å²) in [7, 11) is 0. The predicted molar refractivity (Wildman–Crippen MR) is 122 cm³/mol. The molecule has 0 saturated heterocycles. The molecule has 3 rings (SSSR count). The Balaban J connectivity index is 1.63. The molecule has 2 atom stereocenters. The lowest BCUT2D eigenvalue weighted by atomic mass is 9.95. The van der Waals surface area contributed by atoms with Gasteiger partial charge in [0.1, 0.15) is 5.69 Å². The van der Waals surface area contributed by atoms with Crippen molar-refractivity contribution < 1.29 is 14.5 Å². The van der Waals surface area contributed by atoms with E-state index in [0.29, 0.717) is 5.92 Å². The second kappa shape index (κ2) is 10.6. The lowest BCUT2D eigenvalue weighted by Crippen LogP contribution is -2.28. The van der Waals surface area contributed by atoms with Crippen molar-refractivity contribution >= 4 is 11.6 Å². The van der Waals surface area contributed by atoms with Gasteiger partial charge in [-0.25, -0.2) is 4.68 Å². The van der Waals surface area contributed by atoms with Crippen LogP contribution in [0.5, 0.6) is 5.75 Å². The summed E-state index contributed by atoms with van der Waals surface area (Å²) in [5.41, 5.74) is 2.47. The van der Waals surface area contributed by atoms with Gasteiger partial charge in [-0.05, 0) is 42.0 Å². The first-order valence-corrected chi connectivity index (χ1v) is 10.7. The molecule has 8 nitrogen and oxygen atoms in total. The van der Waals surface area contributed by atoms with E-state index in [-0.39, 0.29) is 35.8 Å². The number of nitrogens with zero attached hydrogens (tertiary/aromatic N) is 3. The number of ether oxygens (including phenoxy) is 1. The molecule has 2 aromatic carbocycles. The average molecular weight is 437 g/mol. The molecule has 1 N–H and O–H groups in total. The number of rotatable bonds is 10. The molecule has 0 radical (unpaired) electrons. The zero-order valence-electron chi connectivity index (χ0n) is 18.5. The highest BCUT2D eigenvalue weighted by atomic mass is 16.6. The van der Waals surface area contributed by atoms with Crippen LogP contribution in [0, 0.1) is 10.1 Å². The third kappa shape index (κ3) is 5.51. The second-order valence-corrected chi connectivity index (χ2v) is 7.65. The zero-order valence-corrected chi connectivity index (χ0v) is 18.5. The number of para-hydroxylation sites is 2. The van der Waals surface area contributed by atoms with E-state index in [4.69, 9.17) is 4.74 Å². The van der Waals surface area contributed by atoms with E-state index >= 15 is 0 Å². The summed E-state index contributed by atoms with van der Waals surface area (Å²) in [5, 5.41) is 18.4. The summed E-state index contributed by atoms with van der Waals surface area (Å²) in [4.78, 5) is 23.3. The molecular weight excluding hydrogens is 408 g/mol. The summed E-state index contributed by atoms with van der Waals surface area (Å²) < 4.78 is 6.94. The van der Waals surface area contributed by atoms with Gasteiger partial charge in [0.05, 0.1) is 11.0 Å². The molecular formula is C24H28N4O4. The average Bonchev–Trinajstić information content (AvgIpc) is 3.30. The number of benzene rings is 2. The Morgan fingerprint density at radius 1 is 1.09 bits per heavy atom. The highest BCUT2D eigenvalue weighted by Gasteiger charge is 2.18. The third-order valence-electron chi connectivity index (χ3n) is 5.52. The summed E-state index contributed by atoms with van der Waals surface area (Å²) in [6.45, 7) is 6.34. The van der Waals surface area contributed by atoms with Crippen LogP contribution in [0.1, 0.15) is 67.2 Å². The molecule has 0 aliphatic rings. The van der Waals surface area contributed by atoms with E-state index in [2.05, 4.69) is 48.5 Å². The number of nitrogens with one attached hydrogen (secondary N) is 1. The Kier molecular flexibility index (Phi) is 7.59. The molecule has 168 valence electrons. The van der Waals surface area contributed by atoms with Crippen molar-refractivity contribution in [1.82, 2.24) is 15.1 Å². The van der Waals surface area contributed by atoms with Crippen LogP contribution in [0.3, 0.4) is 0 Å². The minimum Gasteiger partial charge on any atom is -0.464 e. The first-order chi connectivity index (χ1) is 15.4. The van der Waals surface area contributed by atoms with Crippen LogP contribution < -0.4 is 10.1 Å². The van der Waals surface area contributed by atoms with Crippen LogP contribution in [0.25, 0.3) is 0 Å². The fourth-order valence-corrected chi connectivity index (χ4v) is 3.37. The molecule has 1 heterocycles. The molecule has 1 amide bonds. The maximum absolute atomic E-state index is 12.7. The lowest BCUT2D eigenvalue weighted by Gasteiger charge is -2.18. The van der Waals surface area contributed by atoms with Crippen molar-refractivity contribution in [3.63, 3.8) is 0 Å². The van der Waals surface area contributed by atoms with Crippen LogP contribution in [0.15, 0.2) is 60.8 Å². The van der Waals surface area contributed by atoms with Gasteiger partial charge in [-0.15, -0.1) is 0 Å². The van der Waals surface area contributed by atoms with Crippen LogP contribution in [-0.4, -0.2) is 20.6 Å². The van der Waals surface area contributed by atoms with Gasteiger partial charge in [0.15, 0.2) is 12.5 Å². The third-order valence-corrected chi connectivity index (χ3v) is 5.52. The zero-order chi connectivity index (χ0) is 23.1. The van der Waals surface area contributed by atoms with Gasteiger partial charge in [-0.2, -0.15) is 5.10 Å². The van der Waals surface area contributed by atoms with E-state index in [1.807, 2.05) is 6.92 Å². The van der Waals surface area contributed by atoms with E-state index in [1.165, 1.54) is 22.4 Å². The van der Waals surface area contributed by atoms with E-state index in [9.17, 15) is 14.9 Å². The Morgan fingerprint density at radius 3 is 2.44 bits per heavy atom. The SMILES string of the molecule is CCC(C)c1ccc(C(CC)NC(=O)c2ccn(COc3ccccc3[N+](=O)[O-])n2)cc1. The number of aromatic nitrogens is 2. The van der Waals surface area contributed by atoms with Crippen molar-refractivity contribution in [3.05, 3.63) is 87.7 Å². The van der Waals surface area contributed by atoms with Gasteiger partial charge in [0.25, 0.3) is 5.91 Å². The van der Waals surface area contributed by atoms with Crippen LogP contribution in [0.2, 0.25) is 0 Å². The highest BCUT2D eigenvalue weighted by molar-refractivity contribution is 5.92. The summed E-state index contributed by atoms with van der Waals surface area (Å²) in [6, 6.07) is 16.0. The largest absolute Gasteiger partial charge is 0.464 e. The fraction of sp³-hybridized carbons (Fsp3) is 0.333. The van der Waals surface area contributed by atoms with Crippen molar-refractivity contribution in [2.24, 2.45) is 0 Å². The van der Waals surface area contributed by atoms with Gasteiger partial charge in [0.2, 0.25) is 0 Å². The smallest absolute Gasteiger partial charge is 0.311 e. The second-order valence-electron chi connectivity index (χ2n) is 7.65. The predicted octanol–water partition coefficient (Wildman–Crippen LogP) is 5.22. The van der Waals surface area contributed by atoms with Crippen LogP contribution >= 0.6 is 0 Å². The molecule has 3 aromatic rings. The highest BCUT2D eigenvalue weighted by Crippen LogP contribution is 2.26. The fourth-order valence-electron chi connectivity index (χ4n) is 3.37. The Hall–Kier alpha value is -3.68. The molecule has 0 aliphatic heterocycles. The van der Waals surface area contributed by atoms with Crippen molar-refractivity contribution in [1.29, 1.82) is 0 Å². The van der Waals surface area contributed by atoms with Gasteiger partial charge in [-0.3, -0.25) is 14.9 Å². The number of hydrogen-bond acceptors (Lipinski definition) is 5. The number of amides is 1. The Morgan fingerprint density at radius 2 is 1.78 bits per heavy atom. The Bertz CT molecular complexity index is 1060. The first-order valence-electron chi connectivity index (χ1n) is 10.7. The maximum Gasteiger partial charge on any atom is 0.311 e. The molecule has 2 unspecified atom stereocenters. The normalized spacial score (nSPS) is 12.7. The summed E-state index contributed by atoms with van der Waals surface area (Å²) in [6.07, 6.45) is 3.43. The number of carbonyl (C=O) groups is 1. The van der Waals surface area contributed by atoms with E-state index in [0.717, 1.165) is 18.4 Å².